The van der Waals surface area contributed by atoms with Gasteiger partial charge in [-0.15, -0.1) is 0 Å². The van der Waals surface area contributed by atoms with Crippen molar-refractivity contribution in [3.8, 4) is 0 Å². The van der Waals surface area contributed by atoms with E-state index in [0.717, 1.165) is 5.56 Å². The summed E-state index contributed by atoms with van der Waals surface area (Å²) in [5.41, 5.74) is 2.50. The summed E-state index contributed by atoms with van der Waals surface area (Å²) in [6, 6.07) is 13.2. The summed E-state index contributed by atoms with van der Waals surface area (Å²) in [7, 11) is 3.37. The fourth-order valence-corrected chi connectivity index (χ4v) is 2.76. The van der Waals surface area contributed by atoms with Gasteiger partial charge in [0.15, 0.2) is 0 Å². The van der Waals surface area contributed by atoms with Crippen molar-refractivity contribution in [1.29, 1.82) is 0 Å². The van der Waals surface area contributed by atoms with Crippen LogP contribution in [0.1, 0.15) is 40.1 Å². The van der Waals surface area contributed by atoms with E-state index in [1.807, 2.05) is 32.9 Å². The van der Waals surface area contributed by atoms with Crippen LogP contribution in [0.2, 0.25) is 0 Å². The summed E-state index contributed by atoms with van der Waals surface area (Å²) in [5, 5.41) is 5.64. The summed E-state index contributed by atoms with van der Waals surface area (Å²) in [4.78, 5) is 38.8. The molecule has 1 atom stereocenters. The number of amides is 3. The molecule has 0 aromatic heterocycles. The molecule has 0 fully saturated rings. The molecule has 0 heterocycles. The topological polar surface area (TPSA) is 78.5 Å². The third-order valence-corrected chi connectivity index (χ3v) is 4.43. The lowest BCUT2D eigenvalue weighted by Crippen LogP contribution is -2.47. The molecule has 0 bridgehead atoms. The minimum Gasteiger partial charge on any atom is -0.345 e. The van der Waals surface area contributed by atoms with E-state index in [0.29, 0.717) is 16.8 Å². The highest BCUT2D eigenvalue weighted by atomic mass is 16.2. The lowest BCUT2D eigenvalue weighted by Gasteiger charge is -2.22. The minimum atomic E-state index is -0.685. The first-order valence-electron chi connectivity index (χ1n) is 9.19. The summed E-state index contributed by atoms with van der Waals surface area (Å²) in [6.45, 7) is 5.61. The number of carbonyl (C=O) groups excluding carboxylic acids is 3. The van der Waals surface area contributed by atoms with Crippen molar-refractivity contribution in [2.24, 2.45) is 5.92 Å². The molecule has 28 heavy (non-hydrogen) atoms. The molecule has 0 spiro atoms. The van der Waals surface area contributed by atoms with Gasteiger partial charge in [-0.3, -0.25) is 14.4 Å². The highest BCUT2D eigenvalue weighted by Gasteiger charge is 2.25. The SMILES string of the molecule is Cc1ccccc1C(=O)NC(C(=O)Nc1ccc(C(=O)N(C)C)cc1)C(C)C. The second-order valence-corrected chi connectivity index (χ2v) is 7.28. The van der Waals surface area contributed by atoms with E-state index in [9.17, 15) is 14.4 Å². The number of hydrogen-bond donors (Lipinski definition) is 2. The van der Waals surface area contributed by atoms with Gasteiger partial charge < -0.3 is 15.5 Å². The fourth-order valence-electron chi connectivity index (χ4n) is 2.76. The zero-order chi connectivity index (χ0) is 20.8. The van der Waals surface area contributed by atoms with Crippen molar-refractivity contribution in [1.82, 2.24) is 10.2 Å². The summed E-state index contributed by atoms with van der Waals surface area (Å²) < 4.78 is 0. The monoisotopic (exact) mass is 381 g/mol. The van der Waals surface area contributed by atoms with E-state index < -0.39 is 6.04 Å². The molecule has 0 saturated heterocycles. The van der Waals surface area contributed by atoms with Gasteiger partial charge in [-0.05, 0) is 48.7 Å². The Balaban J connectivity index is 2.10. The maximum atomic E-state index is 12.7. The van der Waals surface area contributed by atoms with Gasteiger partial charge in [0.25, 0.3) is 11.8 Å². The lowest BCUT2D eigenvalue weighted by molar-refractivity contribution is -0.118. The van der Waals surface area contributed by atoms with Crippen LogP contribution in [0.3, 0.4) is 0 Å². The van der Waals surface area contributed by atoms with Crippen LogP contribution in [0.5, 0.6) is 0 Å². The van der Waals surface area contributed by atoms with Gasteiger partial charge >= 0.3 is 0 Å². The third kappa shape index (κ3) is 5.19. The number of rotatable bonds is 6. The summed E-state index contributed by atoms with van der Waals surface area (Å²) in [6.07, 6.45) is 0. The molecule has 2 aromatic rings. The molecule has 6 heteroatoms. The van der Waals surface area contributed by atoms with Crippen molar-refractivity contribution < 1.29 is 14.4 Å². The van der Waals surface area contributed by atoms with Crippen LogP contribution < -0.4 is 10.6 Å². The van der Waals surface area contributed by atoms with E-state index in [1.165, 1.54) is 4.90 Å². The zero-order valence-electron chi connectivity index (χ0n) is 16.9. The van der Waals surface area contributed by atoms with E-state index in [-0.39, 0.29) is 23.6 Å². The fraction of sp³-hybridized carbons (Fsp3) is 0.318. The first-order valence-corrected chi connectivity index (χ1v) is 9.19. The first-order chi connectivity index (χ1) is 13.2. The Kier molecular flexibility index (Phi) is 6.93. The predicted octanol–water partition coefficient (Wildman–Crippen LogP) is 3.09. The molecule has 2 N–H and O–H groups in total. The Bertz CT molecular complexity index is 858. The number of anilines is 1. The number of hydrogen-bond acceptors (Lipinski definition) is 3. The zero-order valence-corrected chi connectivity index (χ0v) is 16.9. The maximum absolute atomic E-state index is 12.7. The molecule has 2 aromatic carbocycles. The van der Waals surface area contributed by atoms with Gasteiger partial charge in [0, 0.05) is 30.9 Å². The Morgan fingerprint density at radius 1 is 0.929 bits per heavy atom. The Morgan fingerprint density at radius 2 is 1.54 bits per heavy atom. The summed E-state index contributed by atoms with van der Waals surface area (Å²) >= 11 is 0. The minimum absolute atomic E-state index is 0.0949. The lowest BCUT2D eigenvalue weighted by atomic mass is 10.0. The van der Waals surface area contributed by atoms with Gasteiger partial charge in [-0.2, -0.15) is 0 Å². The van der Waals surface area contributed by atoms with Gasteiger partial charge in [0.2, 0.25) is 5.91 Å². The van der Waals surface area contributed by atoms with E-state index in [2.05, 4.69) is 10.6 Å². The molecule has 6 nitrogen and oxygen atoms in total. The second-order valence-electron chi connectivity index (χ2n) is 7.28. The Labute approximate surface area is 165 Å². The Hall–Kier alpha value is -3.15. The van der Waals surface area contributed by atoms with Gasteiger partial charge in [-0.25, -0.2) is 0 Å². The van der Waals surface area contributed by atoms with Crippen molar-refractivity contribution in [2.75, 3.05) is 19.4 Å². The van der Waals surface area contributed by atoms with Crippen LogP contribution in [-0.2, 0) is 4.79 Å². The smallest absolute Gasteiger partial charge is 0.253 e. The molecule has 0 aliphatic heterocycles. The van der Waals surface area contributed by atoms with Crippen LogP contribution >= 0.6 is 0 Å². The van der Waals surface area contributed by atoms with Crippen LogP contribution in [-0.4, -0.2) is 42.8 Å². The number of benzene rings is 2. The van der Waals surface area contributed by atoms with Crippen LogP contribution in [0.15, 0.2) is 48.5 Å². The van der Waals surface area contributed by atoms with Gasteiger partial charge in [-0.1, -0.05) is 32.0 Å². The molecule has 0 saturated carbocycles. The second kappa shape index (κ2) is 9.17. The molecule has 1 unspecified atom stereocenters. The molecule has 2 rings (SSSR count). The van der Waals surface area contributed by atoms with Crippen LogP contribution in [0.25, 0.3) is 0 Å². The van der Waals surface area contributed by atoms with Crippen molar-refractivity contribution in [2.45, 2.75) is 26.8 Å². The largest absolute Gasteiger partial charge is 0.345 e. The van der Waals surface area contributed by atoms with Gasteiger partial charge in [0.05, 0.1) is 0 Å². The van der Waals surface area contributed by atoms with Crippen molar-refractivity contribution in [3.63, 3.8) is 0 Å². The van der Waals surface area contributed by atoms with Crippen molar-refractivity contribution in [3.05, 3.63) is 65.2 Å². The van der Waals surface area contributed by atoms with Crippen LogP contribution in [0, 0.1) is 12.8 Å². The predicted molar refractivity (Wildman–Crippen MR) is 110 cm³/mol. The number of aryl methyl sites for hydroxylation is 1. The maximum Gasteiger partial charge on any atom is 0.253 e. The van der Waals surface area contributed by atoms with Gasteiger partial charge in [0.1, 0.15) is 6.04 Å². The van der Waals surface area contributed by atoms with Crippen LogP contribution in [0.4, 0.5) is 5.69 Å². The molecule has 0 aliphatic rings. The average molecular weight is 381 g/mol. The standard InChI is InChI=1S/C22H27N3O3/c1-14(2)19(24-20(26)18-9-7-6-8-15(18)3)21(27)23-17-12-10-16(11-13-17)22(28)25(4)5/h6-14,19H,1-5H3,(H,23,27)(H,24,26). The quantitative estimate of drug-likeness (QED) is 0.807. The number of nitrogens with one attached hydrogen (secondary N) is 2. The molecule has 3 amide bonds. The molecule has 148 valence electrons. The highest BCUT2D eigenvalue weighted by molar-refractivity contribution is 6.02. The van der Waals surface area contributed by atoms with Crippen molar-refractivity contribution >= 4 is 23.4 Å². The number of carbonyl (C=O) groups is 3. The highest BCUT2D eigenvalue weighted by Crippen LogP contribution is 2.14. The molecule has 0 radical (unpaired) electrons. The van der Waals surface area contributed by atoms with E-state index in [4.69, 9.17) is 0 Å². The Morgan fingerprint density at radius 3 is 2.07 bits per heavy atom. The third-order valence-electron chi connectivity index (χ3n) is 4.43. The first kappa shape index (κ1) is 21.2. The normalized spacial score (nSPS) is 11.6. The average Bonchev–Trinajstić information content (AvgIpc) is 2.65. The van der Waals surface area contributed by atoms with E-state index >= 15 is 0 Å². The van der Waals surface area contributed by atoms with E-state index in [1.54, 1.807) is 50.5 Å². The molecular formula is C22H27N3O3. The molecule has 0 aliphatic carbocycles. The number of nitrogens with zero attached hydrogens (tertiary/aromatic N) is 1. The summed E-state index contributed by atoms with van der Waals surface area (Å²) in [5.74, 6) is -0.784. The molecular weight excluding hydrogens is 354 g/mol.